The summed E-state index contributed by atoms with van der Waals surface area (Å²) in [4.78, 5) is 20.6. The Labute approximate surface area is 117 Å². The molecule has 3 unspecified atom stereocenters. The van der Waals surface area contributed by atoms with E-state index in [1.165, 1.54) is 0 Å². The van der Waals surface area contributed by atoms with Gasteiger partial charge in [0, 0.05) is 12.6 Å². The van der Waals surface area contributed by atoms with E-state index in [-0.39, 0.29) is 0 Å². The first-order chi connectivity index (χ1) is 9.23. The molecule has 0 bridgehead atoms. The molecule has 7 heteroatoms. The van der Waals surface area contributed by atoms with Crippen molar-refractivity contribution in [2.24, 2.45) is 11.8 Å². The van der Waals surface area contributed by atoms with E-state index in [0.717, 1.165) is 23.9 Å². The number of carboxylic acid groups (broad SMARTS) is 2. The van der Waals surface area contributed by atoms with Crippen LogP contribution in [0.4, 0.5) is 0 Å². The average molecular weight is 284 g/mol. The molecule has 2 N–H and O–H groups in total. The highest BCUT2D eigenvalue weighted by atomic mass is 16.5. The Hall–Kier alpha value is -1.89. The fourth-order valence-corrected chi connectivity index (χ4v) is 2.45. The lowest BCUT2D eigenvalue weighted by Crippen LogP contribution is -2.19. The monoisotopic (exact) mass is 284 g/mol. The zero-order valence-corrected chi connectivity index (χ0v) is 12.0. The Bertz CT molecular complexity index is 473. The van der Waals surface area contributed by atoms with E-state index in [2.05, 4.69) is 37.0 Å². The topological polar surface area (TPSA) is 104 Å². The van der Waals surface area contributed by atoms with Crippen LogP contribution in [-0.2, 0) is 9.59 Å². The van der Waals surface area contributed by atoms with Crippen molar-refractivity contribution in [3.8, 4) is 0 Å². The van der Waals surface area contributed by atoms with Crippen molar-refractivity contribution in [3.05, 3.63) is 17.5 Å². The van der Waals surface area contributed by atoms with Crippen LogP contribution in [0, 0.1) is 18.8 Å². The van der Waals surface area contributed by atoms with Gasteiger partial charge >= 0.3 is 11.9 Å². The number of likely N-dealkylation sites (tertiary alicyclic amines) is 1. The molecule has 7 nitrogen and oxygen atoms in total. The van der Waals surface area contributed by atoms with Gasteiger partial charge < -0.3 is 14.7 Å². The molecule has 1 aliphatic heterocycles. The predicted molar refractivity (Wildman–Crippen MR) is 70.2 cm³/mol. The molecular formula is C13H20N2O5. The number of aliphatic carboxylic acids is 2. The van der Waals surface area contributed by atoms with Crippen LogP contribution in [-0.4, -0.2) is 45.8 Å². The Morgan fingerprint density at radius 2 is 1.90 bits per heavy atom. The molecule has 112 valence electrons. The van der Waals surface area contributed by atoms with Gasteiger partial charge in [-0.3, -0.25) is 4.90 Å². The van der Waals surface area contributed by atoms with Gasteiger partial charge in [0.25, 0.3) is 0 Å². The summed E-state index contributed by atoms with van der Waals surface area (Å²) in [6.07, 6.45) is 0. The molecule has 1 aromatic heterocycles. The first kappa shape index (κ1) is 16.2. The van der Waals surface area contributed by atoms with Crippen molar-refractivity contribution in [1.82, 2.24) is 10.1 Å². The fraction of sp³-hybridized carbons (Fsp3) is 0.615. The molecule has 0 aliphatic carbocycles. The number of carbonyl (C=O) groups is 2. The largest absolute Gasteiger partial charge is 0.473 e. The number of aromatic nitrogens is 1. The Balaban J connectivity index is 0.000000286. The minimum absolute atomic E-state index is 0.409. The van der Waals surface area contributed by atoms with Gasteiger partial charge in [0.05, 0.1) is 11.7 Å². The minimum Gasteiger partial charge on any atom is -0.473 e. The molecule has 2 rings (SSSR count). The standard InChI is InChI=1S/C11H18N2O.C2H2O4/c1-7-6-13(4)11(9(7)3)10-5-8(2)12-14-10;3-1(4)2(5)6/h5,7,9,11H,6H2,1-4H3;(H,3,4)(H,5,6). The summed E-state index contributed by atoms with van der Waals surface area (Å²) in [6, 6.07) is 2.46. The van der Waals surface area contributed by atoms with Crippen molar-refractivity contribution < 1.29 is 24.3 Å². The first-order valence-corrected chi connectivity index (χ1v) is 6.33. The van der Waals surface area contributed by atoms with Crippen molar-refractivity contribution in [2.75, 3.05) is 13.6 Å². The lowest BCUT2D eigenvalue weighted by molar-refractivity contribution is -0.159. The van der Waals surface area contributed by atoms with E-state index in [0.29, 0.717) is 12.0 Å². The van der Waals surface area contributed by atoms with Gasteiger partial charge in [-0.25, -0.2) is 9.59 Å². The van der Waals surface area contributed by atoms with E-state index < -0.39 is 11.9 Å². The predicted octanol–water partition coefficient (Wildman–Crippen LogP) is 1.40. The number of hydrogen-bond acceptors (Lipinski definition) is 5. The zero-order valence-electron chi connectivity index (χ0n) is 12.0. The average Bonchev–Trinajstić information content (AvgIpc) is 2.85. The van der Waals surface area contributed by atoms with E-state index >= 15 is 0 Å². The highest BCUT2D eigenvalue weighted by molar-refractivity contribution is 6.27. The fourth-order valence-electron chi connectivity index (χ4n) is 2.45. The highest BCUT2D eigenvalue weighted by Gasteiger charge is 2.37. The summed E-state index contributed by atoms with van der Waals surface area (Å²) in [5.41, 5.74) is 0.972. The summed E-state index contributed by atoms with van der Waals surface area (Å²) < 4.78 is 5.35. The summed E-state index contributed by atoms with van der Waals surface area (Å²) in [5, 5.41) is 18.7. The summed E-state index contributed by atoms with van der Waals surface area (Å²) in [6.45, 7) is 7.70. The molecule has 0 aromatic carbocycles. The number of rotatable bonds is 1. The number of carboxylic acids is 2. The van der Waals surface area contributed by atoms with Crippen molar-refractivity contribution in [3.63, 3.8) is 0 Å². The molecule has 0 amide bonds. The first-order valence-electron chi connectivity index (χ1n) is 6.33. The smallest absolute Gasteiger partial charge is 0.414 e. The van der Waals surface area contributed by atoms with Gasteiger partial charge in [-0.1, -0.05) is 19.0 Å². The van der Waals surface area contributed by atoms with E-state index in [9.17, 15) is 0 Å². The maximum Gasteiger partial charge on any atom is 0.414 e. The molecule has 1 aliphatic rings. The third-order valence-corrected chi connectivity index (χ3v) is 3.57. The summed E-state index contributed by atoms with van der Waals surface area (Å²) >= 11 is 0. The van der Waals surface area contributed by atoms with E-state index in [1.807, 2.05) is 6.92 Å². The Kier molecular flexibility index (Phi) is 5.26. The molecular weight excluding hydrogens is 264 g/mol. The second-order valence-electron chi connectivity index (χ2n) is 5.20. The van der Waals surface area contributed by atoms with Gasteiger partial charge in [-0.15, -0.1) is 0 Å². The van der Waals surface area contributed by atoms with Crippen LogP contribution in [0.3, 0.4) is 0 Å². The molecule has 1 fully saturated rings. The van der Waals surface area contributed by atoms with Crippen LogP contribution in [0.2, 0.25) is 0 Å². The van der Waals surface area contributed by atoms with Gasteiger partial charge in [0.1, 0.15) is 0 Å². The second-order valence-corrected chi connectivity index (χ2v) is 5.20. The van der Waals surface area contributed by atoms with Crippen molar-refractivity contribution in [2.45, 2.75) is 26.8 Å². The number of hydrogen-bond donors (Lipinski definition) is 2. The third-order valence-electron chi connectivity index (χ3n) is 3.57. The zero-order chi connectivity index (χ0) is 15.4. The summed E-state index contributed by atoms with van der Waals surface area (Å²) in [7, 11) is 2.16. The third kappa shape index (κ3) is 3.80. The molecule has 1 aromatic rings. The summed E-state index contributed by atoms with van der Waals surface area (Å²) in [5.74, 6) is -1.25. The molecule has 0 spiro atoms. The molecule has 0 saturated carbocycles. The number of aryl methyl sites for hydroxylation is 1. The van der Waals surface area contributed by atoms with Crippen LogP contribution in [0.1, 0.15) is 31.3 Å². The Morgan fingerprint density at radius 3 is 2.20 bits per heavy atom. The quantitative estimate of drug-likeness (QED) is 0.751. The SMILES string of the molecule is Cc1cc(C2C(C)C(C)CN2C)on1.O=C(O)C(=O)O. The second kappa shape index (κ2) is 6.51. The van der Waals surface area contributed by atoms with Crippen LogP contribution in [0.5, 0.6) is 0 Å². The van der Waals surface area contributed by atoms with Crippen LogP contribution < -0.4 is 0 Å². The van der Waals surface area contributed by atoms with E-state index in [4.69, 9.17) is 24.3 Å². The lowest BCUT2D eigenvalue weighted by Gasteiger charge is -2.19. The lowest BCUT2D eigenvalue weighted by atomic mass is 9.93. The van der Waals surface area contributed by atoms with Crippen LogP contribution >= 0.6 is 0 Å². The van der Waals surface area contributed by atoms with Crippen LogP contribution in [0.25, 0.3) is 0 Å². The van der Waals surface area contributed by atoms with Crippen molar-refractivity contribution >= 4 is 11.9 Å². The highest BCUT2D eigenvalue weighted by Crippen LogP contribution is 2.39. The molecule has 3 atom stereocenters. The van der Waals surface area contributed by atoms with Gasteiger partial charge in [0.2, 0.25) is 0 Å². The molecule has 1 saturated heterocycles. The van der Waals surface area contributed by atoms with E-state index in [1.54, 1.807) is 0 Å². The maximum absolute atomic E-state index is 9.10. The van der Waals surface area contributed by atoms with Gasteiger partial charge in [-0.2, -0.15) is 0 Å². The van der Waals surface area contributed by atoms with Gasteiger partial charge in [-0.05, 0) is 25.8 Å². The van der Waals surface area contributed by atoms with Gasteiger partial charge in [0.15, 0.2) is 5.76 Å². The van der Waals surface area contributed by atoms with Crippen LogP contribution in [0.15, 0.2) is 10.6 Å². The van der Waals surface area contributed by atoms with Crippen molar-refractivity contribution in [1.29, 1.82) is 0 Å². The molecule has 0 radical (unpaired) electrons. The normalized spacial score (nSPS) is 25.9. The number of nitrogens with zero attached hydrogens (tertiary/aromatic N) is 2. The molecule has 2 heterocycles. The maximum atomic E-state index is 9.10. The molecule has 20 heavy (non-hydrogen) atoms. The Morgan fingerprint density at radius 1 is 1.35 bits per heavy atom. The minimum atomic E-state index is -1.82.